The van der Waals surface area contributed by atoms with Crippen LogP contribution in [0.15, 0.2) is 36.5 Å². The molecule has 1 heterocycles. The summed E-state index contributed by atoms with van der Waals surface area (Å²) in [5.74, 6) is 0.657. The lowest BCUT2D eigenvalue weighted by atomic mass is 10.3. The van der Waals surface area contributed by atoms with Gasteiger partial charge in [-0.25, -0.2) is 0 Å². The van der Waals surface area contributed by atoms with Gasteiger partial charge in [-0.2, -0.15) is 0 Å². The second-order valence-corrected chi connectivity index (χ2v) is 2.75. The fourth-order valence-electron chi connectivity index (χ4n) is 1.02. The maximum absolute atomic E-state index is 5.55. The molecule has 0 bridgehead atoms. The highest BCUT2D eigenvalue weighted by Gasteiger charge is 1.94. The van der Waals surface area contributed by atoms with Crippen LogP contribution in [0.5, 0.6) is 0 Å². The van der Waals surface area contributed by atoms with Gasteiger partial charge in [-0.05, 0) is 29.5 Å². The number of anilines is 3. The fourth-order valence-corrected chi connectivity index (χ4v) is 1.02. The number of hydrogen-bond acceptors (Lipinski definition) is 5. The lowest BCUT2D eigenvalue weighted by molar-refractivity contribution is 0.871. The zero-order valence-corrected chi connectivity index (χ0v) is 7.38. The van der Waals surface area contributed by atoms with Gasteiger partial charge in [-0.3, -0.25) is 0 Å². The second-order valence-electron chi connectivity index (χ2n) is 2.75. The van der Waals surface area contributed by atoms with Crippen LogP contribution >= 0.6 is 0 Å². The van der Waals surface area contributed by atoms with Crippen LogP contribution in [0.25, 0.3) is 0 Å². The summed E-state index contributed by atoms with van der Waals surface area (Å²) < 4.78 is 0. The van der Waals surface area contributed by atoms with Gasteiger partial charge in [0, 0.05) is 17.4 Å². The Morgan fingerprint density at radius 1 is 1.07 bits per heavy atom. The van der Waals surface area contributed by atoms with Gasteiger partial charge in [0.25, 0.3) is 0 Å². The lowest BCUT2D eigenvalue weighted by Gasteiger charge is -2.03. The van der Waals surface area contributed by atoms with Gasteiger partial charge in [0.15, 0.2) is 5.82 Å². The topological polar surface area (TPSA) is 76.7 Å². The first-order chi connectivity index (χ1) is 6.84. The number of benzene rings is 1. The number of nitrogens with two attached hydrogens (primary N) is 1. The molecule has 0 amide bonds. The Morgan fingerprint density at radius 3 is 2.50 bits per heavy atom. The Kier molecular flexibility index (Phi) is 2.22. The molecule has 5 heteroatoms. The molecule has 70 valence electrons. The molecule has 14 heavy (non-hydrogen) atoms. The zero-order chi connectivity index (χ0) is 9.80. The van der Waals surface area contributed by atoms with E-state index in [1.54, 1.807) is 12.3 Å². The summed E-state index contributed by atoms with van der Waals surface area (Å²) in [6, 6.07) is 9.12. The number of nitrogens with one attached hydrogen (secondary N) is 1. The van der Waals surface area contributed by atoms with Gasteiger partial charge in [-0.15, -0.1) is 10.2 Å². The maximum Gasteiger partial charge on any atom is 0.156 e. The molecule has 0 fully saturated rings. The van der Waals surface area contributed by atoms with Gasteiger partial charge >= 0.3 is 0 Å². The van der Waals surface area contributed by atoms with Crippen molar-refractivity contribution in [3.8, 4) is 0 Å². The molecule has 5 nitrogen and oxygen atoms in total. The molecule has 2 aromatic rings. The largest absolute Gasteiger partial charge is 0.399 e. The summed E-state index contributed by atoms with van der Waals surface area (Å²) in [5.41, 5.74) is 7.20. The van der Waals surface area contributed by atoms with Crippen molar-refractivity contribution >= 4 is 17.2 Å². The molecule has 3 N–H and O–H groups in total. The minimum absolute atomic E-state index is 0.657. The third-order valence-electron chi connectivity index (χ3n) is 1.69. The molecular weight excluding hydrogens is 178 g/mol. The standard InChI is InChI=1S/C9H9N5/c10-7-1-3-8(4-2-7)12-9-5-6-11-14-13-9/h1-6H,10H2,(H,11,12,13). The van der Waals surface area contributed by atoms with E-state index in [1.165, 1.54) is 0 Å². The highest BCUT2D eigenvalue weighted by atomic mass is 15.3. The van der Waals surface area contributed by atoms with Crippen molar-refractivity contribution in [2.75, 3.05) is 11.1 Å². The monoisotopic (exact) mass is 187 g/mol. The van der Waals surface area contributed by atoms with Crippen LogP contribution in [0.2, 0.25) is 0 Å². The molecule has 0 saturated heterocycles. The van der Waals surface area contributed by atoms with Crippen molar-refractivity contribution in [3.05, 3.63) is 36.5 Å². The second kappa shape index (κ2) is 3.69. The first-order valence-electron chi connectivity index (χ1n) is 4.11. The summed E-state index contributed by atoms with van der Waals surface area (Å²) in [6.07, 6.45) is 1.58. The Hall–Kier alpha value is -2.17. The maximum atomic E-state index is 5.55. The molecule has 0 aliphatic heterocycles. The molecule has 0 spiro atoms. The average molecular weight is 187 g/mol. The van der Waals surface area contributed by atoms with Crippen molar-refractivity contribution in [3.63, 3.8) is 0 Å². The van der Waals surface area contributed by atoms with Gasteiger partial charge in [0.1, 0.15) is 0 Å². The van der Waals surface area contributed by atoms with Crippen molar-refractivity contribution < 1.29 is 0 Å². The minimum atomic E-state index is 0.657. The smallest absolute Gasteiger partial charge is 0.156 e. The molecule has 2 rings (SSSR count). The van der Waals surface area contributed by atoms with E-state index in [4.69, 9.17) is 5.73 Å². The first-order valence-corrected chi connectivity index (χ1v) is 4.11. The van der Waals surface area contributed by atoms with Crippen LogP contribution in [0.1, 0.15) is 0 Å². The molecule has 0 aliphatic rings. The van der Waals surface area contributed by atoms with Crippen LogP contribution in [0.4, 0.5) is 17.2 Å². The van der Waals surface area contributed by atoms with E-state index in [1.807, 2.05) is 24.3 Å². The Bertz CT molecular complexity index is 397. The number of aromatic nitrogens is 3. The predicted molar refractivity (Wildman–Crippen MR) is 54.0 cm³/mol. The Labute approximate surface area is 81.0 Å². The van der Waals surface area contributed by atoms with Gasteiger partial charge in [0.05, 0.1) is 6.20 Å². The van der Waals surface area contributed by atoms with E-state index in [0.29, 0.717) is 5.82 Å². The molecule has 0 unspecified atom stereocenters. The van der Waals surface area contributed by atoms with E-state index in [2.05, 4.69) is 20.7 Å². The van der Waals surface area contributed by atoms with Gasteiger partial charge in [0.2, 0.25) is 0 Å². The average Bonchev–Trinajstić information content (AvgIpc) is 2.23. The van der Waals surface area contributed by atoms with Crippen LogP contribution in [0.3, 0.4) is 0 Å². The van der Waals surface area contributed by atoms with E-state index >= 15 is 0 Å². The summed E-state index contributed by atoms with van der Waals surface area (Å²) >= 11 is 0. The van der Waals surface area contributed by atoms with Gasteiger partial charge in [-0.1, -0.05) is 0 Å². The van der Waals surface area contributed by atoms with Crippen LogP contribution in [-0.4, -0.2) is 15.4 Å². The van der Waals surface area contributed by atoms with Crippen LogP contribution in [0, 0.1) is 0 Å². The zero-order valence-electron chi connectivity index (χ0n) is 7.38. The highest BCUT2D eigenvalue weighted by Crippen LogP contribution is 2.14. The summed E-state index contributed by atoms with van der Waals surface area (Å²) in [7, 11) is 0. The van der Waals surface area contributed by atoms with E-state index in [-0.39, 0.29) is 0 Å². The molecule has 1 aromatic heterocycles. The van der Waals surface area contributed by atoms with Crippen molar-refractivity contribution in [2.45, 2.75) is 0 Å². The molecular formula is C9H9N5. The van der Waals surface area contributed by atoms with Crippen molar-refractivity contribution in [1.29, 1.82) is 0 Å². The molecule has 1 aromatic carbocycles. The summed E-state index contributed by atoms with van der Waals surface area (Å²) in [5, 5.41) is 13.9. The number of nitrogen functional groups attached to an aromatic ring is 1. The molecule has 0 aliphatic carbocycles. The number of hydrogen-bond donors (Lipinski definition) is 2. The minimum Gasteiger partial charge on any atom is -0.399 e. The number of nitrogens with zero attached hydrogens (tertiary/aromatic N) is 3. The van der Waals surface area contributed by atoms with Crippen molar-refractivity contribution in [1.82, 2.24) is 15.4 Å². The Morgan fingerprint density at radius 2 is 1.86 bits per heavy atom. The Balaban J connectivity index is 2.16. The SMILES string of the molecule is Nc1ccc(Nc2ccnnn2)cc1. The normalized spacial score (nSPS) is 9.71. The molecule has 0 saturated carbocycles. The van der Waals surface area contributed by atoms with Crippen LogP contribution < -0.4 is 11.1 Å². The third-order valence-corrected chi connectivity index (χ3v) is 1.69. The van der Waals surface area contributed by atoms with E-state index in [9.17, 15) is 0 Å². The molecule has 0 atom stereocenters. The van der Waals surface area contributed by atoms with Crippen molar-refractivity contribution in [2.24, 2.45) is 0 Å². The summed E-state index contributed by atoms with van der Waals surface area (Å²) in [4.78, 5) is 0. The van der Waals surface area contributed by atoms with Gasteiger partial charge < -0.3 is 11.1 Å². The first kappa shape index (κ1) is 8.43. The predicted octanol–water partition coefficient (Wildman–Crippen LogP) is 1.20. The lowest BCUT2D eigenvalue weighted by Crippen LogP contribution is -1.96. The van der Waals surface area contributed by atoms with E-state index in [0.717, 1.165) is 11.4 Å². The van der Waals surface area contributed by atoms with E-state index < -0.39 is 0 Å². The van der Waals surface area contributed by atoms with Crippen LogP contribution in [-0.2, 0) is 0 Å². The highest BCUT2D eigenvalue weighted by molar-refractivity contribution is 5.58. The fraction of sp³-hybridized carbons (Fsp3) is 0. The number of rotatable bonds is 2. The summed E-state index contributed by atoms with van der Waals surface area (Å²) in [6.45, 7) is 0. The third kappa shape index (κ3) is 1.95. The quantitative estimate of drug-likeness (QED) is 0.691. The molecule has 0 radical (unpaired) electrons.